The lowest BCUT2D eigenvalue weighted by atomic mass is 10.2. The number of nitrogens with zero attached hydrogens (tertiary/aromatic N) is 3. The molecule has 0 saturated heterocycles. The summed E-state index contributed by atoms with van der Waals surface area (Å²) in [6.07, 6.45) is 3.05. The summed E-state index contributed by atoms with van der Waals surface area (Å²) in [6, 6.07) is 7.88. The normalized spacial score (nSPS) is 9.71. The topological polar surface area (TPSA) is 61.6 Å². The second-order valence-corrected chi connectivity index (χ2v) is 4.37. The van der Waals surface area contributed by atoms with Gasteiger partial charge in [0.15, 0.2) is 11.5 Å². The van der Waals surface area contributed by atoms with Crippen molar-refractivity contribution in [2.24, 2.45) is 0 Å². The molecule has 0 radical (unpaired) electrons. The van der Waals surface area contributed by atoms with Gasteiger partial charge in [0.1, 0.15) is 6.07 Å². The zero-order valence-corrected chi connectivity index (χ0v) is 10.7. The lowest BCUT2D eigenvalue weighted by molar-refractivity contribution is 1.16. The van der Waals surface area contributed by atoms with Gasteiger partial charge in [-0.3, -0.25) is 0 Å². The molecule has 1 aromatic heterocycles. The van der Waals surface area contributed by atoms with Gasteiger partial charge < -0.3 is 5.32 Å². The van der Waals surface area contributed by atoms with Gasteiger partial charge in [-0.1, -0.05) is 22.0 Å². The zero-order chi connectivity index (χ0) is 12.3. The molecule has 1 heterocycles. The van der Waals surface area contributed by atoms with E-state index >= 15 is 0 Å². The van der Waals surface area contributed by atoms with Gasteiger partial charge in [0.25, 0.3) is 0 Å². The molecule has 0 atom stereocenters. The van der Waals surface area contributed by atoms with Crippen molar-refractivity contribution in [3.05, 3.63) is 46.3 Å². The monoisotopic (exact) mass is 288 g/mol. The first-order valence-corrected chi connectivity index (χ1v) is 5.74. The minimum atomic E-state index is 0.284. The Morgan fingerprint density at radius 3 is 2.82 bits per heavy atom. The summed E-state index contributed by atoms with van der Waals surface area (Å²) < 4.78 is 0.966. The quantitative estimate of drug-likeness (QED) is 0.922. The molecule has 1 N–H and O–H groups in total. The molecule has 0 spiro atoms. The highest BCUT2D eigenvalue weighted by atomic mass is 79.9. The summed E-state index contributed by atoms with van der Waals surface area (Å²) in [5.74, 6) is 0.469. The zero-order valence-electron chi connectivity index (χ0n) is 9.11. The predicted molar refractivity (Wildman–Crippen MR) is 68.9 cm³/mol. The fourth-order valence-corrected chi connectivity index (χ4v) is 1.73. The fraction of sp³-hybridized carbons (Fsp3) is 0.0833. The minimum absolute atomic E-state index is 0.284. The first-order valence-electron chi connectivity index (χ1n) is 4.95. The Labute approximate surface area is 107 Å². The van der Waals surface area contributed by atoms with Crippen molar-refractivity contribution < 1.29 is 0 Å². The number of nitriles is 1. The molecule has 0 aliphatic heterocycles. The average molecular weight is 289 g/mol. The van der Waals surface area contributed by atoms with Crippen molar-refractivity contribution in [1.82, 2.24) is 9.97 Å². The van der Waals surface area contributed by atoms with Gasteiger partial charge in [-0.25, -0.2) is 9.97 Å². The molecule has 0 fully saturated rings. The van der Waals surface area contributed by atoms with Crippen LogP contribution >= 0.6 is 15.9 Å². The molecule has 0 aliphatic rings. The van der Waals surface area contributed by atoms with E-state index in [4.69, 9.17) is 5.26 Å². The van der Waals surface area contributed by atoms with Crippen molar-refractivity contribution in [1.29, 1.82) is 5.26 Å². The first-order chi connectivity index (χ1) is 8.20. The van der Waals surface area contributed by atoms with Crippen LogP contribution in [0.1, 0.15) is 11.3 Å². The highest BCUT2D eigenvalue weighted by Gasteiger charge is 2.06. The van der Waals surface area contributed by atoms with Crippen LogP contribution in [-0.2, 0) is 0 Å². The summed E-state index contributed by atoms with van der Waals surface area (Å²) in [6.45, 7) is 1.98. The lowest BCUT2D eigenvalue weighted by Gasteiger charge is -2.09. The Morgan fingerprint density at radius 2 is 2.06 bits per heavy atom. The van der Waals surface area contributed by atoms with Crippen molar-refractivity contribution in [2.75, 3.05) is 5.32 Å². The van der Waals surface area contributed by atoms with E-state index in [0.717, 1.165) is 15.7 Å². The van der Waals surface area contributed by atoms with E-state index < -0.39 is 0 Å². The minimum Gasteiger partial charge on any atom is -0.338 e. The molecule has 84 valence electrons. The van der Waals surface area contributed by atoms with E-state index in [1.807, 2.05) is 31.2 Å². The molecule has 1 aromatic carbocycles. The van der Waals surface area contributed by atoms with Crippen LogP contribution in [0.5, 0.6) is 0 Å². The van der Waals surface area contributed by atoms with Crippen LogP contribution in [0.15, 0.2) is 35.1 Å². The maximum Gasteiger partial charge on any atom is 0.183 e. The van der Waals surface area contributed by atoms with E-state index in [-0.39, 0.29) is 5.69 Å². The number of benzene rings is 1. The Balaban J connectivity index is 2.38. The highest BCUT2D eigenvalue weighted by Crippen LogP contribution is 2.24. The number of hydrogen-bond donors (Lipinski definition) is 1. The second kappa shape index (κ2) is 4.93. The van der Waals surface area contributed by atoms with Crippen molar-refractivity contribution in [3.8, 4) is 6.07 Å². The fourth-order valence-electron chi connectivity index (χ4n) is 1.37. The Hall–Kier alpha value is -1.93. The smallest absolute Gasteiger partial charge is 0.183 e. The van der Waals surface area contributed by atoms with Crippen molar-refractivity contribution >= 4 is 27.4 Å². The maximum absolute atomic E-state index is 8.92. The number of aryl methyl sites for hydroxylation is 1. The third-order valence-electron chi connectivity index (χ3n) is 2.26. The van der Waals surface area contributed by atoms with Gasteiger partial charge in [-0.2, -0.15) is 5.26 Å². The van der Waals surface area contributed by atoms with E-state index in [2.05, 4.69) is 31.2 Å². The molecule has 0 aliphatic carbocycles. The summed E-state index contributed by atoms with van der Waals surface area (Å²) in [5, 5.41) is 12.0. The van der Waals surface area contributed by atoms with Gasteiger partial charge in [0, 0.05) is 22.6 Å². The van der Waals surface area contributed by atoms with Gasteiger partial charge in [0.05, 0.1) is 0 Å². The summed E-state index contributed by atoms with van der Waals surface area (Å²) >= 11 is 3.40. The van der Waals surface area contributed by atoms with Crippen LogP contribution in [0.4, 0.5) is 11.5 Å². The second-order valence-electron chi connectivity index (χ2n) is 3.45. The third-order valence-corrected chi connectivity index (χ3v) is 2.75. The average Bonchev–Trinajstić information content (AvgIpc) is 2.34. The Morgan fingerprint density at radius 1 is 1.29 bits per heavy atom. The summed E-state index contributed by atoms with van der Waals surface area (Å²) in [7, 11) is 0. The number of halogens is 1. The van der Waals surface area contributed by atoms with E-state index in [0.29, 0.717) is 5.82 Å². The third kappa shape index (κ3) is 2.60. The van der Waals surface area contributed by atoms with Gasteiger partial charge in [-0.05, 0) is 24.6 Å². The molecule has 0 amide bonds. The maximum atomic E-state index is 8.92. The number of rotatable bonds is 2. The molecular formula is C12H9BrN4. The Bertz CT molecular complexity index is 589. The van der Waals surface area contributed by atoms with E-state index in [9.17, 15) is 0 Å². The lowest BCUT2D eigenvalue weighted by Crippen LogP contribution is -1.99. The van der Waals surface area contributed by atoms with Crippen LogP contribution in [0.3, 0.4) is 0 Å². The summed E-state index contributed by atoms with van der Waals surface area (Å²) in [4.78, 5) is 8.05. The SMILES string of the molecule is Cc1ccc(Br)cc1Nc1nccnc1C#N. The Kier molecular flexibility index (Phi) is 3.35. The molecule has 2 aromatic rings. The predicted octanol–water partition coefficient (Wildman–Crippen LogP) is 3.16. The van der Waals surface area contributed by atoms with E-state index in [1.165, 1.54) is 6.20 Å². The molecule has 5 heteroatoms. The molecule has 0 bridgehead atoms. The first kappa shape index (κ1) is 11.6. The van der Waals surface area contributed by atoms with Gasteiger partial charge in [0.2, 0.25) is 0 Å². The number of anilines is 2. The summed E-state index contributed by atoms with van der Waals surface area (Å²) in [5.41, 5.74) is 2.26. The van der Waals surface area contributed by atoms with Crippen LogP contribution in [0.25, 0.3) is 0 Å². The van der Waals surface area contributed by atoms with Gasteiger partial charge in [-0.15, -0.1) is 0 Å². The highest BCUT2D eigenvalue weighted by molar-refractivity contribution is 9.10. The van der Waals surface area contributed by atoms with Crippen LogP contribution < -0.4 is 5.32 Å². The van der Waals surface area contributed by atoms with Crippen LogP contribution in [-0.4, -0.2) is 9.97 Å². The molecule has 17 heavy (non-hydrogen) atoms. The number of hydrogen-bond acceptors (Lipinski definition) is 4. The molecular weight excluding hydrogens is 280 g/mol. The molecule has 2 rings (SSSR count). The number of aromatic nitrogens is 2. The van der Waals surface area contributed by atoms with Crippen LogP contribution in [0.2, 0.25) is 0 Å². The molecule has 0 unspecified atom stereocenters. The standard InChI is InChI=1S/C12H9BrN4/c1-8-2-3-9(13)6-10(8)17-12-11(7-14)15-4-5-16-12/h2-6H,1H3,(H,16,17). The van der Waals surface area contributed by atoms with Crippen LogP contribution in [0, 0.1) is 18.3 Å². The molecule has 0 saturated carbocycles. The van der Waals surface area contributed by atoms with Gasteiger partial charge >= 0.3 is 0 Å². The largest absolute Gasteiger partial charge is 0.338 e. The van der Waals surface area contributed by atoms with E-state index in [1.54, 1.807) is 6.20 Å². The molecule has 4 nitrogen and oxygen atoms in total. The van der Waals surface area contributed by atoms with Crippen molar-refractivity contribution in [3.63, 3.8) is 0 Å². The number of nitrogens with one attached hydrogen (secondary N) is 1. The van der Waals surface area contributed by atoms with Crippen molar-refractivity contribution in [2.45, 2.75) is 6.92 Å².